The van der Waals surface area contributed by atoms with Crippen molar-refractivity contribution >= 4 is 16.5 Å². The summed E-state index contributed by atoms with van der Waals surface area (Å²) in [5, 5.41) is 7.93. The lowest BCUT2D eigenvalue weighted by molar-refractivity contribution is 0.623. The van der Waals surface area contributed by atoms with Gasteiger partial charge in [0.25, 0.3) is 0 Å². The van der Waals surface area contributed by atoms with Crippen LogP contribution in [0.2, 0.25) is 0 Å². The van der Waals surface area contributed by atoms with Gasteiger partial charge in [0.15, 0.2) is 0 Å². The van der Waals surface area contributed by atoms with Gasteiger partial charge in [0, 0.05) is 35.4 Å². The van der Waals surface area contributed by atoms with Gasteiger partial charge < -0.3 is 5.32 Å². The average molecular weight is 241 g/mol. The zero-order valence-corrected chi connectivity index (χ0v) is 10.9. The van der Waals surface area contributed by atoms with Gasteiger partial charge in [0.05, 0.1) is 17.1 Å². The summed E-state index contributed by atoms with van der Waals surface area (Å²) >= 11 is 0. The summed E-state index contributed by atoms with van der Waals surface area (Å²) in [5.41, 5.74) is 3.37. The monoisotopic (exact) mass is 241 g/mol. The summed E-state index contributed by atoms with van der Waals surface area (Å²) in [6, 6.07) is 0.458. The Bertz CT molecular complexity index is 404. The average Bonchev–Trinajstić information content (AvgIpc) is 2.48. The highest BCUT2D eigenvalue weighted by Crippen LogP contribution is 2.22. The third-order valence-corrected chi connectivity index (χ3v) is 4.63. The van der Waals surface area contributed by atoms with E-state index in [0.29, 0.717) is 6.04 Å². The van der Waals surface area contributed by atoms with Crippen molar-refractivity contribution in [3.05, 3.63) is 11.4 Å². The molecule has 0 spiro atoms. The quantitative estimate of drug-likeness (QED) is 0.850. The van der Waals surface area contributed by atoms with E-state index in [1.54, 1.807) is 0 Å². The fourth-order valence-corrected chi connectivity index (χ4v) is 3.42. The van der Waals surface area contributed by atoms with Gasteiger partial charge in [-0.15, -0.1) is 0 Å². The Kier molecular flexibility index (Phi) is 3.33. The van der Waals surface area contributed by atoms with E-state index in [-0.39, 0.29) is 0 Å². The number of nitrogens with zero attached hydrogens (tertiary/aromatic N) is 2. The normalized spacial score (nSPS) is 25.7. The molecule has 1 saturated heterocycles. The summed E-state index contributed by atoms with van der Waals surface area (Å²) in [6.07, 6.45) is 2.00. The van der Waals surface area contributed by atoms with Gasteiger partial charge in [-0.2, -0.15) is 5.10 Å². The lowest BCUT2D eigenvalue weighted by Gasteiger charge is -2.23. The van der Waals surface area contributed by atoms with Crippen LogP contribution in [0.15, 0.2) is 0 Å². The fraction of sp³-hybridized carbons (Fsp3) is 0.727. The summed E-state index contributed by atoms with van der Waals surface area (Å²) in [6.45, 7) is 4.10. The highest BCUT2D eigenvalue weighted by atomic mass is 32.2. The van der Waals surface area contributed by atoms with Crippen LogP contribution in [-0.4, -0.2) is 31.5 Å². The number of aromatic nitrogens is 2. The van der Waals surface area contributed by atoms with E-state index in [1.807, 2.05) is 18.7 Å². The second-order valence-electron chi connectivity index (χ2n) is 4.44. The molecule has 90 valence electrons. The van der Waals surface area contributed by atoms with Crippen molar-refractivity contribution < 1.29 is 4.21 Å². The Hall–Kier alpha value is -0.840. The Morgan fingerprint density at radius 2 is 2.00 bits per heavy atom. The third kappa shape index (κ3) is 2.29. The minimum absolute atomic E-state index is 0.458. The van der Waals surface area contributed by atoms with Gasteiger partial charge in [-0.3, -0.25) is 8.89 Å². The first-order chi connectivity index (χ1) is 7.58. The van der Waals surface area contributed by atoms with Crippen molar-refractivity contribution in [2.75, 3.05) is 16.8 Å². The summed E-state index contributed by atoms with van der Waals surface area (Å²) in [7, 11) is 1.38. The molecule has 5 heteroatoms. The number of rotatable bonds is 2. The molecule has 0 aromatic carbocycles. The molecular weight excluding hydrogens is 222 g/mol. The molecule has 4 nitrogen and oxygen atoms in total. The maximum atomic E-state index is 11.3. The minimum Gasteiger partial charge on any atom is -0.379 e. The zero-order valence-electron chi connectivity index (χ0n) is 10.1. The molecule has 1 N–H and O–H groups in total. The van der Waals surface area contributed by atoms with Crippen molar-refractivity contribution in [1.29, 1.82) is 0 Å². The van der Waals surface area contributed by atoms with Gasteiger partial charge in [-0.05, 0) is 26.7 Å². The Morgan fingerprint density at radius 3 is 2.50 bits per heavy atom. The van der Waals surface area contributed by atoms with Gasteiger partial charge >= 0.3 is 0 Å². The molecule has 1 aromatic rings. The highest BCUT2D eigenvalue weighted by molar-refractivity contribution is 7.85. The van der Waals surface area contributed by atoms with E-state index >= 15 is 0 Å². The molecule has 1 aliphatic heterocycles. The predicted molar refractivity (Wildman–Crippen MR) is 67.2 cm³/mol. The molecule has 16 heavy (non-hydrogen) atoms. The van der Waals surface area contributed by atoms with Crippen molar-refractivity contribution in [3.8, 4) is 0 Å². The van der Waals surface area contributed by atoms with E-state index in [1.165, 1.54) is 5.69 Å². The van der Waals surface area contributed by atoms with Gasteiger partial charge in [-0.1, -0.05) is 0 Å². The number of hydrogen-bond acceptors (Lipinski definition) is 3. The van der Waals surface area contributed by atoms with E-state index < -0.39 is 10.8 Å². The molecule has 2 rings (SSSR count). The first-order valence-electron chi connectivity index (χ1n) is 5.69. The minimum atomic E-state index is -0.585. The molecule has 1 fully saturated rings. The molecule has 2 heterocycles. The van der Waals surface area contributed by atoms with Crippen LogP contribution in [0.4, 0.5) is 5.69 Å². The van der Waals surface area contributed by atoms with Crippen molar-refractivity contribution in [2.24, 2.45) is 7.05 Å². The molecule has 0 aliphatic carbocycles. The molecule has 1 aromatic heterocycles. The van der Waals surface area contributed by atoms with Crippen LogP contribution in [0.1, 0.15) is 24.2 Å². The van der Waals surface area contributed by atoms with Gasteiger partial charge in [0.2, 0.25) is 0 Å². The van der Waals surface area contributed by atoms with Crippen molar-refractivity contribution in [1.82, 2.24) is 9.78 Å². The Morgan fingerprint density at radius 1 is 1.38 bits per heavy atom. The zero-order chi connectivity index (χ0) is 11.7. The van der Waals surface area contributed by atoms with Crippen LogP contribution < -0.4 is 5.32 Å². The first-order valence-corrected chi connectivity index (χ1v) is 7.18. The van der Waals surface area contributed by atoms with Crippen molar-refractivity contribution in [3.63, 3.8) is 0 Å². The third-order valence-electron chi connectivity index (χ3n) is 3.25. The molecule has 1 aliphatic rings. The molecule has 0 amide bonds. The lowest BCUT2D eigenvalue weighted by atomic mass is 10.1. The van der Waals surface area contributed by atoms with E-state index in [0.717, 1.165) is 35.7 Å². The van der Waals surface area contributed by atoms with E-state index in [2.05, 4.69) is 17.3 Å². The van der Waals surface area contributed by atoms with Gasteiger partial charge in [0.1, 0.15) is 0 Å². The molecule has 0 bridgehead atoms. The predicted octanol–water partition coefficient (Wildman–Crippen LogP) is 1.36. The Balaban J connectivity index is 2.06. The topological polar surface area (TPSA) is 46.9 Å². The first kappa shape index (κ1) is 11.6. The number of anilines is 1. The number of hydrogen-bond donors (Lipinski definition) is 1. The standard InChI is InChI=1S/C11H19N3OS/c1-8-11(9(2)14(3)13-8)12-10-4-6-16(15)7-5-10/h10,12H,4-7H2,1-3H3. The van der Waals surface area contributed by atoms with Crippen molar-refractivity contribution in [2.45, 2.75) is 32.7 Å². The summed E-state index contributed by atoms with van der Waals surface area (Å²) < 4.78 is 13.2. The summed E-state index contributed by atoms with van der Waals surface area (Å²) in [4.78, 5) is 0. The maximum Gasteiger partial charge on any atom is 0.0827 e. The number of nitrogens with one attached hydrogen (secondary N) is 1. The van der Waals surface area contributed by atoms with Crippen LogP contribution in [0.3, 0.4) is 0 Å². The molecule has 0 unspecified atom stereocenters. The van der Waals surface area contributed by atoms with Crippen LogP contribution in [0.5, 0.6) is 0 Å². The smallest absolute Gasteiger partial charge is 0.0827 e. The molecule has 0 radical (unpaired) electrons. The van der Waals surface area contributed by atoms with Crippen LogP contribution >= 0.6 is 0 Å². The van der Waals surface area contributed by atoms with Gasteiger partial charge in [-0.25, -0.2) is 0 Å². The maximum absolute atomic E-state index is 11.3. The Labute approximate surface area is 98.9 Å². The summed E-state index contributed by atoms with van der Waals surface area (Å²) in [5.74, 6) is 1.66. The fourth-order valence-electron chi connectivity index (χ4n) is 2.12. The second kappa shape index (κ2) is 4.57. The van der Waals surface area contributed by atoms with Crippen LogP contribution in [0, 0.1) is 13.8 Å². The van der Waals surface area contributed by atoms with E-state index in [4.69, 9.17) is 0 Å². The lowest BCUT2D eigenvalue weighted by Crippen LogP contribution is -2.29. The SMILES string of the molecule is Cc1nn(C)c(C)c1NC1CCS(=O)CC1. The van der Waals surface area contributed by atoms with E-state index in [9.17, 15) is 4.21 Å². The van der Waals surface area contributed by atoms with Crippen LogP contribution in [0.25, 0.3) is 0 Å². The number of aryl methyl sites for hydroxylation is 2. The molecule has 0 atom stereocenters. The second-order valence-corrected chi connectivity index (χ2v) is 6.13. The largest absolute Gasteiger partial charge is 0.379 e. The highest BCUT2D eigenvalue weighted by Gasteiger charge is 2.20. The van der Waals surface area contributed by atoms with Crippen LogP contribution in [-0.2, 0) is 17.8 Å². The molecular formula is C11H19N3OS. The molecule has 0 saturated carbocycles.